The lowest BCUT2D eigenvalue weighted by molar-refractivity contribution is -0.120. The lowest BCUT2D eigenvalue weighted by atomic mass is 9.99. The van der Waals surface area contributed by atoms with Crippen LogP contribution in [0.3, 0.4) is 0 Å². The molecule has 3 rings (SSSR count). The fourth-order valence-electron chi connectivity index (χ4n) is 2.85. The predicted octanol–water partition coefficient (Wildman–Crippen LogP) is 2.48. The molecular formula is C18H21N3O4S. The van der Waals surface area contributed by atoms with Crippen molar-refractivity contribution in [3.8, 4) is 11.5 Å². The first-order valence-electron chi connectivity index (χ1n) is 8.36. The van der Waals surface area contributed by atoms with Gasteiger partial charge in [-0.05, 0) is 49.2 Å². The summed E-state index contributed by atoms with van der Waals surface area (Å²) in [5, 5.41) is 2.85. The molecule has 0 spiro atoms. The minimum atomic E-state index is -3.27. The maximum absolute atomic E-state index is 12.4. The van der Waals surface area contributed by atoms with Gasteiger partial charge in [-0.25, -0.2) is 12.7 Å². The highest BCUT2D eigenvalue weighted by Gasteiger charge is 2.30. The topological polar surface area (TPSA) is 88.6 Å². The fourth-order valence-corrected chi connectivity index (χ4v) is 3.76. The van der Waals surface area contributed by atoms with Crippen LogP contribution in [0.1, 0.15) is 12.8 Å². The Morgan fingerprint density at radius 1 is 1.15 bits per heavy atom. The maximum atomic E-state index is 12.4. The first kappa shape index (κ1) is 18.3. The molecule has 1 unspecified atom stereocenters. The van der Waals surface area contributed by atoms with Crippen molar-refractivity contribution in [3.05, 3.63) is 48.8 Å². The van der Waals surface area contributed by atoms with Crippen LogP contribution in [0.2, 0.25) is 0 Å². The van der Waals surface area contributed by atoms with E-state index in [1.807, 2.05) is 0 Å². The van der Waals surface area contributed by atoms with Crippen LogP contribution in [0.25, 0.3) is 0 Å². The summed E-state index contributed by atoms with van der Waals surface area (Å²) in [5.41, 5.74) is 0.647. The van der Waals surface area contributed by atoms with Crippen LogP contribution in [0, 0.1) is 5.92 Å². The number of ether oxygens (including phenoxy) is 1. The van der Waals surface area contributed by atoms with Gasteiger partial charge in [0.2, 0.25) is 15.9 Å². The van der Waals surface area contributed by atoms with Crippen molar-refractivity contribution in [3.63, 3.8) is 0 Å². The average Bonchev–Trinajstić information content (AvgIpc) is 2.63. The molecule has 1 aliphatic rings. The molecule has 7 nitrogen and oxygen atoms in total. The number of amides is 1. The second-order valence-electron chi connectivity index (χ2n) is 6.26. The maximum Gasteiger partial charge on any atom is 0.228 e. The number of rotatable bonds is 5. The van der Waals surface area contributed by atoms with Crippen molar-refractivity contribution >= 4 is 21.6 Å². The van der Waals surface area contributed by atoms with Gasteiger partial charge in [-0.3, -0.25) is 9.78 Å². The van der Waals surface area contributed by atoms with Crippen molar-refractivity contribution in [1.29, 1.82) is 0 Å². The minimum Gasteiger partial charge on any atom is -0.457 e. The lowest BCUT2D eigenvalue weighted by Gasteiger charge is -2.30. The Morgan fingerprint density at radius 2 is 1.81 bits per heavy atom. The number of benzene rings is 1. The SMILES string of the molecule is CS(=O)(=O)N1CCCC(C(=O)Nc2ccc(Oc3ccncc3)cc2)C1. The third-order valence-electron chi connectivity index (χ3n) is 4.23. The van der Waals surface area contributed by atoms with Crippen LogP contribution in [-0.4, -0.2) is 43.0 Å². The molecule has 0 saturated carbocycles. The normalized spacial score (nSPS) is 18.3. The molecule has 0 aliphatic carbocycles. The number of anilines is 1. The summed E-state index contributed by atoms with van der Waals surface area (Å²) >= 11 is 0. The highest BCUT2D eigenvalue weighted by Crippen LogP contribution is 2.24. The molecule has 2 heterocycles. The number of hydrogen-bond donors (Lipinski definition) is 1. The van der Waals surface area contributed by atoms with E-state index in [4.69, 9.17) is 4.74 Å². The Hall–Kier alpha value is -2.45. The number of carbonyl (C=O) groups excluding carboxylic acids is 1. The quantitative estimate of drug-likeness (QED) is 0.867. The van der Waals surface area contributed by atoms with Gasteiger partial charge in [-0.2, -0.15) is 0 Å². The third kappa shape index (κ3) is 4.80. The number of carbonyl (C=O) groups is 1. The standard InChI is InChI=1S/C18H21N3O4S/c1-26(23,24)21-12-2-3-14(13-21)18(22)20-15-4-6-16(7-5-15)25-17-8-10-19-11-9-17/h4-11,14H,2-3,12-13H2,1H3,(H,20,22). The zero-order valence-electron chi connectivity index (χ0n) is 14.5. The summed E-state index contributed by atoms with van der Waals surface area (Å²) < 4.78 is 30.4. The zero-order valence-corrected chi connectivity index (χ0v) is 15.3. The van der Waals surface area contributed by atoms with E-state index in [-0.39, 0.29) is 18.4 Å². The molecule has 1 atom stereocenters. The lowest BCUT2D eigenvalue weighted by Crippen LogP contribution is -2.43. The van der Waals surface area contributed by atoms with Gasteiger partial charge >= 0.3 is 0 Å². The van der Waals surface area contributed by atoms with E-state index >= 15 is 0 Å². The molecule has 8 heteroatoms. The summed E-state index contributed by atoms with van der Waals surface area (Å²) in [6.45, 7) is 0.706. The fraction of sp³-hybridized carbons (Fsp3) is 0.333. The number of nitrogens with zero attached hydrogens (tertiary/aromatic N) is 2. The molecule has 0 radical (unpaired) electrons. The van der Waals surface area contributed by atoms with Crippen molar-refractivity contribution in [2.75, 3.05) is 24.7 Å². The molecule has 1 fully saturated rings. The van der Waals surface area contributed by atoms with Crippen molar-refractivity contribution in [1.82, 2.24) is 9.29 Å². The highest BCUT2D eigenvalue weighted by molar-refractivity contribution is 7.88. The highest BCUT2D eigenvalue weighted by atomic mass is 32.2. The van der Waals surface area contributed by atoms with E-state index < -0.39 is 10.0 Å². The van der Waals surface area contributed by atoms with Crippen LogP contribution in [0.4, 0.5) is 5.69 Å². The Labute approximate surface area is 153 Å². The van der Waals surface area contributed by atoms with E-state index in [1.165, 1.54) is 10.6 Å². The van der Waals surface area contributed by atoms with Crippen LogP contribution in [0.5, 0.6) is 11.5 Å². The van der Waals surface area contributed by atoms with E-state index in [1.54, 1.807) is 48.8 Å². The molecule has 1 amide bonds. The Balaban J connectivity index is 1.59. The van der Waals surface area contributed by atoms with Crippen molar-refractivity contribution in [2.45, 2.75) is 12.8 Å². The predicted molar refractivity (Wildman–Crippen MR) is 98.5 cm³/mol. The van der Waals surface area contributed by atoms with Crippen molar-refractivity contribution < 1.29 is 17.9 Å². The van der Waals surface area contributed by atoms with Gasteiger partial charge in [-0.15, -0.1) is 0 Å². The van der Waals surface area contributed by atoms with E-state index in [2.05, 4.69) is 10.3 Å². The van der Waals surface area contributed by atoms with Crippen LogP contribution in [-0.2, 0) is 14.8 Å². The average molecular weight is 375 g/mol. The second kappa shape index (κ2) is 7.84. The monoisotopic (exact) mass is 375 g/mol. The Kier molecular flexibility index (Phi) is 5.53. The molecule has 138 valence electrons. The smallest absolute Gasteiger partial charge is 0.228 e. The number of piperidine rings is 1. The zero-order chi connectivity index (χ0) is 18.6. The molecule has 1 aromatic carbocycles. The van der Waals surface area contributed by atoms with Crippen LogP contribution >= 0.6 is 0 Å². The first-order chi connectivity index (χ1) is 12.4. The molecule has 1 N–H and O–H groups in total. The van der Waals surface area contributed by atoms with Gasteiger partial charge in [-0.1, -0.05) is 0 Å². The van der Waals surface area contributed by atoms with Crippen LogP contribution < -0.4 is 10.1 Å². The number of nitrogens with one attached hydrogen (secondary N) is 1. The van der Waals surface area contributed by atoms with Gasteiger partial charge in [0, 0.05) is 31.2 Å². The largest absolute Gasteiger partial charge is 0.457 e. The van der Waals surface area contributed by atoms with E-state index in [0.29, 0.717) is 36.6 Å². The van der Waals surface area contributed by atoms with Crippen LogP contribution in [0.15, 0.2) is 48.8 Å². The Morgan fingerprint density at radius 3 is 2.46 bits per heavy atom. The molecule has 1 aliphatic heterocycles. The molecule has 1 saturated heterocycles. The first-order valence-corrected chi connectivity index (χ1v) is 10.2. The molecular weight excluding hydrogens is 354 g/mol. The second-order valence-corrected chi connectivity index (χ2v) is 8.24. The number of sulfonamides is 1. The van der Waals surface area contributed by atoms with E-state index in [0.717, 1.165) is 0 Å². The van der Waals surface area contributed by atoms with Gasteiger partial charge < -0.3 is 10.1 Å². The molecule has 26 heavy (non-hydrogen) atoms. The van der Waals surface area contributed by atoms with Gasteiger partial charge in [0.05, 0.1) is 12.2 Å². The summed E-state index contributed by atoms with van der Waals surface area (Å²) in [4.78, 5) is 16.4. The molecule has 1 aromatic heterocycles. The van der Waals surface area contributed by atoms with Gasteiger partial charge in [0.15, 0.2) is 0 Å². The number of hydrogen-bond acceptors (Lipinski definition) is 5. The van der Waals surface area contributed by atoms with E-state index in [9.17, 15) is 13.2 Å². The number of aromatic nitrogens is 1. The third-order valence-corrected chi connectivity index (χ3v) is 5.50. The summed E-state index contributed by atoms with van der Waals surface area (Å²) in [6, 6.07) is 10.6. The Bertz CT molecular complexity index is 854. The molecule has 0 bridgehead atoms. The summed E-state index contributed by atoms with van der Waals surface area (Å²) in [7, 11) is -3.27. The minimum absolute atomic E-state index is 0.166. The summed E-state index contributed by atoms with van der Waals surface area (Å²) in [5.74, 6) is 0.822. The van der Waals surface area contributed by atoms with Crippen molar-refractivity contribution in [2.24, 2.45) is 5.92 Å². The van der Waals surface area contributed by atoms with Gasteiger partial charge in [0.1, 0.15) is 11.5 Å². The summed E-state index contributed by atoms with van der Waals surface area (Å²) in [6.07, 6.45) is 5.83. The molecule has 2 aromatic rings. The number of pyridine rings is 1. The van der Waals surface area contributed by atoms with Gasteiger partial charge in [0.25, 0.3) is 0 Å².